The Kier molecular flexibility index (Phi) is 4.15. The maximum Gasteiger partial charge on any atom is 0.259 e. The number of nitriles is 1. The highest BCUT2D eigenvalue weighted by Crippen LogP contribution is 2.40. The number of nitrogens with one attached hydrogen (secondary N) is 1. The van der Waals surface area contributed by atoms with Crippen LogP contribution in [0.2, 0.25) is 0 Å². The van der Waals surface area contributed by atoms with E-state index in [0.29, 0.717) is 16.3 Å². The van der Waals surface area contributed by atoms with Crippen molar-refractivity contribution in [2.45, 2.75) is 12.3 Å². The number of nitrogens with zero attached hydrogens (tertiary/aromatic N) is 1. The first kappa shape index (κ1) is 15.9. The van der Waals surface area contributed by atoms with E-state index in [1.165, 1.54) is 13.0 Å². The van der Waals surface area contributed by atoms with Crippen molar-refractivity contribution in [3.63, 3.8) is 0 Å². The summed E-state index contributed by atoms with van der Waals surface area (Å²) in [5.74, 6) is -2.19. The number of aliphatic hydroxyl groups excluding tert-OH is 1. The molecule has 0 fully saturated rings. The van der Waals surface area contributed by atoms with E-state index in [4.69, 9.17) is 0 Å². The largest absolute Gasteiger partial charge is 0.506 e. The topological polar surface area (TPSA) is 107 Å². The maximum atomic E-state index is 12.6. The quantitative estimate of drug-likeness (QED) is 0.624. The fraction of sp³-hybridized carbons (Fsp3) is 0.200. The van der Waals surface area contributed by atoms with Gasteiger partial charge in [-0.25, -0.2) is 0 Å². The maximum absolute atomic E-state index is 12.6. The molecule has 0 aliphatic heterocycles. The number of rotatable bonds is 3. The van der Waals surface area contributed by atoms with Gasteiger partial charge >= 0.3 is 0 Å². The zero-order valence-electron chi connectivity index (χ0n) is 11.5. The van der Waals surface area contributed by atoms with Crippen molar-refractivity contribution < 1.29 is 19.5 Å². The molecule has 1 aromatic carbocycles. The minimum Gasteiger partial charge on any atom is -0.506 e. The first-order valence-corrected chi connectivity index (χ1v) is 7.07. The SMILES string of the molecule is C[C@]1(C#N)C(=O)C(C(=O)NCC=O)=C(O)c2ccc(Br)cc21. The van der Waals surface area contributed by atoms with Crippen molar-refractivity contribution in [1.82, 2.24) is 5.32 Å². The number of Topliss-reactive ketones (excluding diaryl/α,β-unsaturated/α-hetero) is 1. The number of hydrogen-bond acceptors (Lipinski definition) is 5. The number of ketones is 1. The molecule has 22 heavy (non-hydrogen) atoms. The number of benzene rings is 1. The van der Waals surface area contributed by atoms with Crippen LogP contribution in [-0.2, 0) is 19.8 Å². The summed E-state index contributed by atoms with van der Waals surface area (Å²) in [6.45, 7) is 1.10. The van der Waals surface area contributed by atoms with Crippen LogP contribution in [0.5, 0.6) is 0 Å². The van der Waals surface area contributed by atoms with Crippen LogP contribution in [0.15, 0.2) is 28.2 Å². The smallest absolute Gasteiger partial charge is 0.259 e. The molecule has 0 aromatic heterocycles. The molecule has 1 aromatic rings. The highest BCUT2D eigenvalue weighted by atomic mass is 79.9. The van der Waals surface area contributed by atoms with Gasteiger partial charge in [0.25, 0.3) is 5.91 Å². The lowest BCUT2D eigenvalue weighted by atomic mass is 9.70. The average Bonchev–Trinajstić information content (AvgIpc) is 2.50. The molecule has 0 spiro atoms. The van der Waals surface area contributed by atoms with Gasteiger partial charge in [-0.3, -0.25) is 9.59 Å². The number of aldehydes is 1. The van der Waals surface area contributed by atoms with Crippen molar-refractivity contribution in [3.8, 4) is 6.07 Å². The first-order chi connectivity index (χ1) is 10.4. The van der Waals surface area contributed by atoms with E-state index in [1.807, 2.05) is 6.07 Å². The molecule has 7 heteroatoms. The monoisotopic (exact) mass is 362 g/mol. The molecule has 0 bridgehead atoms. The molecule has 0 saturated heterocycles. The summed E-state index contributed by atoms with van der Waals surface area (Å²) in [5, 5.41) is 21.9. The second-order valence-corrected chi connectivity index (χ2v) is 5.77. The third kappa shape index (κ3) is 2.31. The lowest BCUT2D eigenvalue weighted by molar-refractivity contribution is -0.125. The molecule has 1 atom stereocenters. The lowest BCUT2D eigenvalue weighted by Crippen LogP contribution is -2.42. The molecular formula is C15H11BrN2O4. The molecule has 1 aliphatic rings. The minimum absolute atomic E-state index is 0.239. The summed E-state index contributed by atoms with van der Waals surface area (Å²) in [4.78, 5) is 34.9. The number of carbonyl (C=O) groups is 3. The Labute approximate surface area is 134 Å². The van der Waals surface area contributed by atoms with Gasteiger partial charge in [-0.1, -0.05) is 15.9 Å². The van der Waals surface area contributed by atoms with Gasteiger partial charge in [-0.15, -0.1) is 0 Å². The molecule has 0 saturated carbocycles. The molecule has 1 aliphatic carbocycles. The number of halogens is 1. The van der Waals surface area contributed by atoms with Gasteiger partial charge < -0.3 is 15.2 Å². The van der Waals surface area contributed by atoms with E-state index in [1.54, 1.807) is 12.1 Å². The van der Waals surface area contributed by atoms with E-state index < -0.39 is 28.4 Å². The second kappa shape index (κ2) is 5.73. The third-order valence-electron chi connectivity index (χ3n) is 3.49. The van der Waals surface area contributed by atoms with E-state index in [9.17, 15) is 24.8 Å². The lowest BCUT2D eigenvalue weighted by Gasteiger charge is -2.29. The highest BCUT2D eigenvalue weighted by Gasteiger charge is 2.46. The number of fused-ring (bicyclic) bond motifs is 1. The summed E-state index contributed by atoms with van der Waals surface area (Å²) < 4.78 is 0.641. The highest BCUT2D eigenvalue weighted by molar-refractivity contribution is 9.10. The normalized spacial score (nSPS) is 20.1. The molecule has 2 N–H and O–H groups in total. The van der Waals surface area contributed by atoms with Crippen LogP contribution in [0.25, 0.3) is 5.76 Å². The molecule has 0 radical (unpaired) electrons. The summed E-state index contributed by atoms with van der Waals surface area (Å²) in [7, 11) is 0. The average molecular weight is 363 g/mol. The molecule has 0 unspecified atom stereocenters. The van der Waals surface area contributed by atoms with E-state index >= 15 is 0 Å². The molecule has 1 amide bonds. The van der Waals surface area contributed by atoms with Crippen LogP contribution in [-0.4, -0.2) is 29.6 Å². The standard InChI is InChI=1S/C15H11BrN2O4/c1-15(7-17)10-6-8(16)2-3-9(10)12(20)11(13(15)21)14(22)18-4-5-19/h2-3,5-6,20H,4H2,1H3,(H,18,22)/t15-/m1/s1. The van der Waals surface area contributed by atoms with E-state index in [-0.39, 0.29) is 12.1 Å². The van der Waals surface area contributed by atoms with Crippen LogP contribution in [0.3, 0.4) is 0 Å². The van der Waals surface area contributed by atoms with Crippen LogP contribution in [0.4, 0.5) is 0 Å². The number of hydrogen-bond donors (Lipinski definition) is 2. The molecular weight excluding hydrogens is 352 g/mol. The summed E-state index contributed by atoms with van der Waals surface area (Å²) in [6.07, 6.45) is 0.456. The van der Waals surface area contributed by atoms with Gasteiger partial charge in [0.1, 0.15) is 23.0 Å². The van der Waals surface area contributed by atoms with Crippen molar-refractivity contribution >= 4 is 39.7 Å². The summed E-state index contributed by atoms with van der Waals surface area (Å²) in [6, 6.07) is 6.62. The Bertz CT molecular complexity index is 763. The predicted molar refractivity (Wildman–Crippen MR) is 80.7 cm³/mol. The van der Waals surface area contributed by atoms with Crippen LogP contribution >= 0.6 is 15.9 Å². The zero-order chi connectivity index (χ0) is 16.5. The first-order valence-electron chi connectivity index (χ1n) is 6.28. The van der Waals surface area contributed by atoms with Crippen LogP contribution in [0.1, 0.15) is 18.1 Å². The van der Waals surface area contributed by atoms with Gasteiger partial charge in [-0.05, 0) is 30.7 Å². The van der Waals surface area contributed by atoms with E-state index in [0.717, 1.165) is 0 Å². The molecule has 112 valence electrons. The Morgan fingerprint density at radius 2 is 2.23 bits per heavy atom. The zero-order valence-corrected chi connectivity index (χ0v) is 13.1. The number of aliphatic hydroxyl groups is 1. The van der Waals surface area contributed by atoms with Crippen molar-refractivity contribution in [1.29, 1.82) is 5.26 Å². The summed E-state index contributed by atoms with van der Waals surface area (Å²) >= 11 is 3.25. The van der Waals surface area contributed by atoms with Crippen molar-refractivity contribution in [2.24, 2.45) is 0 Å². The van der Waals surface area contributed by atoms with Gasteiger partial charge in [0, 0.05) is 10.0 Å². The van der Waals surface area contributed by atoms with E-state index in [2.05, 4.69) is 21.2 Å². The Morgan fingerprint density at radius 3 is 2.82 bits per heavy atom. The fourth-order valence-corrected chi connectivity index (χ4v) is 2.66. The van der Waals surface area contributed by atoms with Crippen LogP contribution < -0.4 is 5.32 Å². The van der Waals surface area contributed by atoms with Crippen LogP contribution in [0, 0.1) is 11.3 Å². The Hall–Kier alpha value is -2.46. The van der Waals surface area contributed by atoms with Gasteiger partial charge in [-0.2, -0.15) is 5.26 Å². The van der Waals surface area contributed by atoms with Crippen molar-refractivity contribution in [3.05, 3.63) is 39.4 Å². The predicted octanol–water partition coefficient (Wildman–Crippen LogP) is 1.40. The second-order valence-electron chi connectivity index (χ2n) is 4.86. The molecule has 0 heterocycles. The molecule has 2 rings (SSSR count). The van der Waals surface area contributed by atoms with Gasteiger partial charge in [0.05, 0.1) is 12.6 Å². The Morgan fingerprint density at radius 1 is 1.55 bits per heavy atom. The summed E-state index contributed by atoms with van der Waals surface area (Å²) in [5.41, 5.74) is -1.55. The molecule has 6 nitrogen and oxygen atoms in total. The third-order valence-corrected chi connectivity index (χ3v) is 3.98. The fourth-order valence-electron chi connectivity index (χ4n) is 2.30. The number of carbonyl (C=O) groups excluding carboxylic acids is 3. The van der Waals surface area contributed by atoms with Crippen molar-refractivity contribution in [2.75, 3.05) is 6.54 Å². The minimum atomic E-state index is -1.60. The van der Waals surface area contributed by atoms with Gasteiger partial charge in [0.15, 0.2) is 5.78 Å². The number of amides is 1. The Balaban J connectivity index is 2.70. The van der Waals surface area contributed by atoms with Gasteiger partial charge in [0.2, 0.25) is 0 Å².